The van der Waals surface area contributed by atoms with Crippen molar-refractivity contribution in [3.8, 4) is 5.75 Å². The first-order chi connectivity index (χ1) is 14.6. The Morgan fingerprint density at radius 3 is 2.33 bits per heavy atom. The van der Waals surface area contributed by atoms with E-state index in [1.54, 1.807) is 0 Å². The van der Waals surface area contributed by atoms with Gasteiger partial charge in [0.2, 0.25) is 11.9 Å². The molecule has 2 aliphatic rings. The second-order valence-electron chi connectivity index (χ2n) is 8.63. The van der Waals surface area contributed by atoms with Crippen molar-refractivity contribution in [2.45, 2.75) is 45.1 Å². The van der Waals surface area contributed by atoms with Crippen molar-refractivity contribution in [2.24, 2.45) is 5.92 Å². The maximum Gasteiger partial charge on any atom is 0.238 e. The van der Waals surface area contributed by atoms with Crippen LogP contribution in [0.25, 0.3) is 0 Å². The van der Waals surface area contributed by atoms with E-state index in [2.05, 4.69) is 116 Å². The van der Waals surface area contributed by atoms with Gasteiger partial charge in [0, 0.05) is 17.3 Å². The fraction of sp³-hybridized carbons (Fsp3) is 0.296. The molecule has 0 radical (unpaired) electrons. The first kappa shape index (κ1) is 18.9. The van der Waals surface area contributed by atoms with Crippen molar-refractivity contribution in [3.05, 3.63) is 95.6 Å². The summed E-state index contributed by atoms with van der Waals surface area (Å²) in [4.78, 5) is 6.71. The van der Waals surface area contributed by atoms with Crippen molar-refractivity contribution < 1.29 is 9.52 Å². The van der Waals surface area contributed by atoms with Gasteiger partial charge in [0.1, 0.15) is 5.54 Å². The van der Waals surface area contributed by atoms with E-state index in [0.29, 0.717) is 11.8 Å². The molecule has 0 aromatic heterocycles. The van der Waals surface area contributed by atoms with Crippen LogP contribution >= 0.6 is 0 Å². The average molecular weight is 398 g/mol. The smallest absolute Gasteiger partial charge is 0.238 e. The zero-order chi connectivity index (χ0) is 20.7. The van der Waals surface area contributed by atoms with Crippen LogP contribution in [-0.4, -0.2) is 21.6 Å². The zero-order valence-electron chi connectivity index (χ0n) is 18.0. The second-order valence-corrected chi connectivity index (χ2v) is 8.63. The molecule has 0 bridgehead atoms. The molecule has 0 saturated heterocycles. The van der Waals surface area contributed by atoms with Crippen LogP contribution in [0.5, 0.6) is 5.75 Å². The lowest BCUT2D eigenvalue weighted by Crippen LogP contribution is -2.66. The van der Waals surface area contributed by atoms with Crippen LogP contribution in [0.1, 0.15) is 49.3 Å². The Bertz CT molecular complexity index is 1080. The summed E-state index contributed by atoms with van der Waals surface area (Å²) in [6, 6.07) is 27.8. The fourth-order valence-corrected chi connectivity index (χ4v) is 5.20. The highest BCUT2D eigenvalue weighted by atomic mass is 16.7. The Balaban J connectivity index is 1.58. The number of benzene rings is 3. The van der Waals surface area contributed by atoms with Crippen LogP contribution in [0.3, 0.4) is 0 Å². The average Bonchev–Trinajstić information content (AvgIpc) is 2.80. The summed E-state index contributed by atoms with van der Waals surface area (Å²) in [6.07, 6.45) is 4.32. The van der Waals surface area contributed by atoms with Crippen molar-refractivity contribution >= 4 is 11.9 Å². The molecular formula is C27H29N2O+. The van der Waals surface area contributed by atoms with Crippen LogP contribution in [-0.2, 0) is 0 Å². The quantitative estimate of drug-likeness (QED) is 0.483. The highest BCUT2D eigenvalue weighted by Gasteiger charge is 2.61. The third kappa shape index (κ3) is 2.84. The van der Waals surface area contributed by atoms with Gasteiger partial charge in [-0.05, 0) is 53.5 Å². The lowest BCUT2D eigenvalue weighted by atomic mass is 9.56. The number of fused-ring (bicyclic) bond motifs is 1. The molecule has 1 fully saturated rings. The molecule has 3 atom stereocenters. The highest BCUT2D eigenvalue weighted by molar-refractivity contribution is 5.82. The number of hydrazine groups is 1. The summed E-state index contributed by atoms with van der Waals surface area (Å²) < 4.78 is 2.21. The Morgan fingerprint density at radius 1 is 0.967 bits per heavy atom. The maximum absolute atomic E-state index is 6.71. The molecule has 0 N–H and O–H groups in total. The van der Waals surface area contributed by atoms with Gasteiger partial charge in [-0.15, -0.1) is 0 Å². The minimum atomic E-state index is -0.0627. The molecule has 0 spiro atoms. The number of hydrogen-bond acceptors (Lipinski definition) is 2. The monoisotopic (exact) mass is 397 g/mol. The van der Waals surface area contributed by atoms with Gasteiger partial charge in [0.15, 0.2) is 5.75 Å². The first-order valence-corrected chi connectivity index (χ1v) is 11.0. The molecule has 1 aliphatic heterocycles. The highest BCUT2D eigenvalue weighted by Crippen LogP contribution is 2.56. The van der Waals surface area contributed by atoms with E-state index in [0.717, 1.165) is 29.8 Å². The van der Waals surface area contributed by atoms with E-state index >= 15 is 0 Å². The van der Waals surface area contributed by atoms with Gasteiger partial charge in [-0.2, -0.15) is 0 Å². The normalized spacial score (nSPS) is 25.0. The maximum atomic E-state index is 6.71. The Labute approximate surface area is 179 Å². The minimum absolute atomic E-state index is 0.0627. The summed E-state index contributed by atoms with van der Waals surface area (Å²) in [7, 11) is 0. The molecule has 3 unspecified atom stereocenters. The Morgan fingerprint density at radius 2 is 1.67 bits per heavy atom. The van der Waals surface area contributed by atoms with Gasteiger partial charge >= 0.3 is 0 Å². The molecule has 0 amide bonds. The second kappa shape index (κ2) is 7.32. The summed E-state index contributed by atoms with van der Waals surface area (Å²) in [5.74, 6) is 1.98. The molecular weight excluding hydrogens is 368 g/mol. The van der Waals surface area contributed by atoms with Crippen molar-refractivity contribution in [1.82, 2.24) is 5.17 Å². The van der Waals surface area contributed by atoms with Gasteiger partial charge in [-0.1, -0.05) is 74.5 Å². The zero-order valence-corrected chi connectivity index (χ0v) is 18.0. The summed E-state index contributed by atoms with van der Waals surface area (Å²) >= 11 is 0. The summed E-state index contributed by atoms with van der Waals surface area (Å²) in [6.45, 7) is 6.79. The predicted octanol–water partition coefficient (Wildman–Crippen LogP) is 6.25. The fourth-order valence-electron chi connectivity index (χ4n) is 5.20. The molecule has 3 aromatic rings. The lowest BCUT2D eigenvalue weighted by molar-refractivity contribution is -0.719. The molecule has 3 nitrogen and oxygen atoms in total. The van der Waals surface area contributed by atoms with Crippen LogP contribution in [0.2, 0.25) is 0 Å². The number of aryl methyl sites for hydroxylation is 1. The summed E-state index contributed by atoms with van der Waals surface area (Å²) in [5.41, 5.74) is 4.77. The van der Waals surface area contributed by atoms with Crippen molar-refractivity contribution in [1.29, 1.82) is 0 Å². The van der Waals surface area contributed by atoms with E-state index < -0.39 is 0 Å². The minimum Gasteiger partial charge on any atom is -0.330 e. The van der Waals surface area contributed by atoms with E-state index in [-0.39, 0.29) is 5.54 Å². The van der Waals surface area contributed by atoms with Crippen LogP contribution < -0.4 is 4.84 Å². The third-order valence-electron chi connectivity index (χ3n) is 7.14. The van der Waals surface area contributed by atoms with Gasteiger partial charge in [0.05, 0.1) is 5.56 Å². The van der Waals surface area contributed by atoms with E-state index in [1.165, 1.54) is 11.1 Å². The van der Waals surface area contributed by atoms with Crippen molar-refractivity contribution in [3.63, 3.8) is 0 Å². The number of hydrazone groups is 1. The van der Waals surface area contributed by atoms with Gasteiger partial charge in [0.25, 0.3) is 0 Å². The lowest BCUT2D eigenvalue weighted by Gasteiger charge is -2.55. The predicted molar refractivity (Wildman–Crippen MR) is 121 cm³/mol. The largest absolute Gasteiger partial charge is 0.330 e. The molecule has 1 heterocycles. The van der Waals surface area contributed by atoms with Crippen LogP contribution in [0, 0.1) is 12.8 Å². The SMILES string of the molecule is CCC1(N2Oc3c(C)cccc3C=[N+]2c2ccccc2)CC(c2ccccc2)C1C. The standard InChI is InChI=1S/C27H29N2O/c1-4-27(18-25(21(27)3)22-13-7-5-8-14-22)29-28(24-16-9-6-10-17-24)19-23-15-11-12-20(2)26(23)30-29/h5-17,19,21,25H,4,18H2,1-3H3/q+1. The molecule has 3 heteroatoms. The van der Waals surface area contributed by atoms with Gasteiger partial charge in [-0.3, -0.25) is 0 Å². The number of rotatable bonds is 4. The van der Waals surface area contributed by atoms with E-state index in [9.17, 15) is 0 Å². The molecule has 3 aromatic carbocycles. The molecule has 1 aliphatic carbocycles. The topological polar surface area (TPSA) is 15.5 Å². The molecule has 152 valence electrons. The van der Waals surface area contributed by atoms with Gasteiger partial charge in [-0.25, -0.2) is 0 Å². The Hall–Kier alpha value is -3.07. The number of hydroxylamine groups is 1. The molecule has 5 rings (SSSR count). The van der Waals surface area contributed by atoms with Crippen LogP contribution in [0.15, 0.2) is 78.9 Å². The molecule has 1 saturated carbocycles. The third-order valence-corrected chi connectivity index (χ3v) is 7.14. The number of hydrogen-bond donors (Lipinski definition) is 0. The van der Waals surface area contributed by atoms with Crippen molar-refractivity contribution in [2.75, 3.05) is 0 Å². The first-order valence-electron chi connectivity index (χ1n) is 11.0. The number of nitrogens with zero attached hydrogens (tertiary/aromatic N) is 2. The Kier molecular flexibility index (Phi) is 4.62. The summed E-state index contributed by atoms with van der Waals surface area (Å²) in [5, 5.41) is 2.17. The van der Waals surface area contributed by atoms with E-state index in [1.807, 2.05) is 0 Å². The number of para-hydroxylation sites is 2. The van der Waals surface area contributed by atoms with E-state index in [4.69, 9.17) is 4.84 Å². The molecule has 30 heavy (non-hydrogen) atoms. The van der Waals surface area contributed by atoms with Crippen LogP contribution in [0.4, 0.5) is 5.69 Å². The van der Waals surface area contributed by atoms with Gasteiger partial charge < -0.3 is 4.84 Å².